The summed E-state index contributed by atoms with van der Waals surface area (Å²) in [5, 5.41) is 29.1. The SMILES string of the molecule is Cc1ccc(N[C@H](C)C(=O)N/N=C\c2cc([N+](=O)[O-])ccc2[O-])cc1. The van der Waals surface area contributed by atoms with E-state index in [4.69, 9.17) is 0 Å². The van der Waals surface area contributed by atoms with Crippen LogP contribution < -0.4 is 15.8 Å². The first-order chi connectivity index (χ1) is 11.9. The lowest BCUT2D eigenvalue weighted by Crippen LogP contribution is -2.34. The molecule has 2 rings (SSSR count). The Labute approximate surface area is 144 Å². The molecule has 8 heteroatoms. The van der Waals surface area contributed by atoms with Crippen LogP contribution in [-0.2, 0) is 4.79 Å². The average Bonchev–Trinajstić information content (AvgIpc) is 2.58. The fourth-order valence-corrected chi connectivity index (χ4v) is 1.98. The molecule has 2 N–H and O–H groups in total. The molecule has 2 aromatic rings. The molecule has 1 amide bonds. The third-order valence-electron chi connectivity index (χ3n) is 3.41. The van der Waals surface area contributed by atoms with Gasteiger partial charge >= 0.3 is 0 Å². The highest BCUT2D eigenvalue weighted by Crippen LogP contribution is 2.19. The molecule has 0 aliphatic rings. The summed E-state index contributed by atoms with van der Waals surface area (Å²) in [7, 11) is 0. The number of aryl methyl sites for hydroxylation is 1. The van der Waals surface area contributed by atoms with E-state index in [1.807, 2.05) is 31.2 Å². The maximum atomic E-state index is 12.0. The van der Waals surface area contributed by atoms with Crippen LogP contribution >= 0.6 is 0 Å². The van der Waals surface area contributed by atoms with Crippen molar-refractivity contribution in [3.05, 3.63) is 63.7 Å². The first-order valence-electron chi connectivity index (χ1n) is 7.48. The van der Waals surface area contributed by atoms with Gasteiger partial charge in [-0.05, 0) is 31.5 Å². The summed E-state index contributed by atoms with van der Waals surface area (Å²) in [5.41, 5.74) is 4.00. The lowest BCUT2D eigenvalue weighted by atomic mass is 10.2. The Balaban J connectivity index is 1.96. The Morgan fingerprint density at radius 2 is 1.92 bits per heavy atom. The number of benzene rings is 2. The van der Waals surface area contributed by atoms with Crippen molar-refractivity contribution in [3.8, 4) is 5.75 Å². The van der Waals surface area contributed by atoms with Crippen LogP contribution in [0.15, 0.2) is 47.6 Å². The number of nitrogens with one attached hydrogen (secondary N) is 2. The number of rotatable bonds is 6. The number of nitro groups is 1. The summed E-state index contributed by atoms with van der Waals surface area (Å²) in [5.74, 6) is -0.830. The van der Waals surface area contributed by atoms with Crippen LogP contribution in [0.5, 0.6) is 5.75 Å². The van der Waals surface area contributed by atoms with Gasteiger partial charge in [-0.25, -0.2) is 5.43 Å². The maximum Gasteiger partial charge on any atom is 0.270 e. The van der Waals surface area contributed by atoms with Crippen molar-refractivity contribution >= 4 is 23.5 Å². The Kier molecular flexibility index (Phi) is 5.67. The molecule has 0 unspecified atom stereocenters. The lowest BCUT2D eigenvalue weighted by molar-refractivity contribution is -0.385. The molecule has 0 aliphatic heterocycles. The van der Waals surface area contributed by atoms with Gasteiger partial charge in [0.2, 0.25) is 0 Å². The Morgan fingerprint density at radius 1 is 1.24 bits per heavy atom. The molecule has 0 heterocycles. The van der Waals surface area contributed by atoms with Crippen molar-refractivity contribution in [1.82, 2.24) is 5.43 Å². The van der Waals surface area contributed by atoms with Crippen molar-refractivity contribution in [2.24, 2.45) is 5.10 Å². The number of carbonyl (C=O) groups excluding carboxylic acids is 1. The zero-order valence-electron chi connectivity index (χ0n) is 13.7. The largest absolute Gasteiger partial charge is 0.872 e. The van der Waals surface area contributed by atoms with Gasteiger partial charge in [0, 0.05) is 17.8 Å². The Bertz CT molecular complexity index is 803. The van der Waals surface area contributed by atoms with Crippen molar-refractivity contribution in [1.29, 1.82) is 0 Å². The van der Waals surface area contributed by atoms with Gasteiger partial charge < -0.3 is 10.4 Å². The number of hydrazone groups is 1. The average molecular weight is 341 g/mol. The molecule has 0 bridgehead atoms. The summed E-state index contributed by atoms with van der Waals surface area (Å²) in [6.07, 6.45) is 1.09. The zero-order valence-corrected chi connectivity index (χ0v) is 13.7. The van der Waals surface area contributed by atoms with Gasteiger partial charge in [0.05, 0.1) is 11.1 Å². The van der Waals surface area contributed by atoms with Gasteiger partial charge in [-0.15, -0.1) is 0 Å². The molecular formula is C17H17N4O4-. The standard InChI is InChI=1S/C17H18N4O4/c1-11-3-5-14(6-4-11)19-12(2)17(23)20-18-10-13-9-15(21(24)25)7-8-16(13)22/h3-10,12,19,22H,1-2H3,(H,20,23)/p-1/b18-10-/t12-/m1/s1. The minimum Gasteiger partial charge on any atom is -0.872 e. The zero-order chi connectivity index (χ0) is 18.4. The highest BCUT2D eigenvalue weighted by atomic mass is 16.6. The molecule has 0 saturated carbocycles. The second-order valence-electron chi connectivity index (χ2n) is 5.45. The van der Waals surface area contributed by atoms with Gasteiger partial charge in [-0.2, -0.15) is 5.10 Å². The Hall–Kier alpha value is -3.42. The summed E-state index contributed by atoms with van der Waals surface area (Å²) in [6, 6.07) is 10.3. The van der Waals surface area contributed by atoms with E-state index in [1.54, 1.807) is 6.92 Å². The van der Waals surface area contributed by atoms with E-state index in [1.165, 1.54) is 0 Å². The smallest absolute Gasteiger partial charge is 0.270 e. The van der Waals surface area contributed by atoms with Crippen molar-refractivity contribution in [2.45, 2.75) is 19.9 Å². The van der Waals surface area contributed by atoms with Crippen LogP contribution in [-0.4, -0.2) is 23.1 Å². The van der Waals surface area contributed by atoms with E-state index >= 15 is 0 Å². The van der Waals surface area contributed by atoms with Gasteiger partial charge in [0.1, 0.15) is 6.04 Å². The molecule has 0 aromatic heterocycles. The van der Waals surface area contributed by atoms with Crippen LogP contribution in [0.2, 0.25) is 0 Å². The second kappa shape index (κ2) is 7.91. The molecule has 0 saturated heterocycles. The fourth-order valence-electron chi connectivity index (χ4n) is 1.98. The summed E-state index contributed by atoms with van der Waals surface area (Å²) >= 11 is 0. The number of hydrogen-bond acceptors (Lipinski definition) is 6. The Morgan fingerprint density at radius 3 is 2.56 bits per heavy atom. The summed E-state index contributed by atoms with van der Waals surface area (Å²) < 4.78 is 0. The summed E-state index contributed by atoms with van der Waals surface area (Å²) in [6.45, 7) is 3.63. The highest BCUT2D eigenvalue weighted by Gasteiger charge is 2.11. The molecule has 0 spiro atoms. The van der Waals surface area contributed by atoms with Crippen LogP contribution in [0.25, 0.3) is 0 Å². The van der Waals surface area contributed by atoms with Crippen LogP contribution in [0.4, 0.5) is 11.4 Å². The molecule has 1 atom stereocenters. The molecule has 25 heavy (non-hydrogen) atoms. The quantitative estimate of drug-likeness (QED) is 0.472. The molecule has 0 aliphatic carbocycles. The number of non-ortho nitro benzene ring substituents is 1. The van der Waals surface area contributed by atoms with Gasteiger partial charge in [0.15, 0.2) is 0 Å². The van der Waals surface area contributed by atoms with E-state index < -0.39 is 22.6 Å². The molecule has 2 aromatic carbocycles. The van der Waals surface area contributed by atoms with E-state index in [0.717, 1.165) is 35.7 Å². The fraction of sp³-hybridized carbons (Fsp3) is 0.176. The normalized spacial score (nSPS) is 11.9. The van der Waals surface area contributed by atoms with Crippen LogP contribution in [0.1, 0.15) is 18.1 Å². The molecular weight excluding hydrogens is 324 g/mol. The van der Waals surface area contributed by atoms with E-state index in [0.29, 0.717) is 0 Å². The number of nitro benzene ring substituents is 1. The molecule has 8 nitrogen and oxygen atoms in total. The minimum absolute atomic E-state index is 0.0219. The van der Waals surface area contributed by atoms with E-state index in [2.05, 4.69) is 15.8 Å². The predicted molar refractivity (Wildman–Crippen MR) is 92.5 cm³/mol. The van der Waals surface area contributed by atoms with Gasteiger partial charge in [-0.1, -0.05) is 29.5 Å². The first-order valence-corrected chi connectivity index (χ1v) is 7.48. The third kappa shape index (κ3) is 5.03. The van der Waals surface area contributed by atoms with Gasteiger partial charge in [0.25, 0.3) is 11.6 Å². The van der Waals surface area contributed by atoms with E-state index in [9.17, 15) is 20.0 Å². The number of hydrogen-bond donors (Lipinski definition) is 2. The lowest BCUT2D eigenvalue weighted by Gasteiger charge is -2.13. The number of nitrogens with zero attached hydrogens (tertiary/aromatic N) is 2. The van der Waals surface area contributed by atoms with Crippen LogP contribution in [0.3, 0.4) is 0 Å². The number of anilines is 1. The second-order valence-corrected chi connectivity index (χ2v) is 5.45. The minimum atomic E-state index is -0.608. The molecule has 0 radical (unpaired) electrons. The van der Waals surface area contributed by atoms with Gasteiger partial charge in [-0.3, -0.25) is 14.9 Å². The number of carbonyl (C=O) groups is 1. The monoisotopic (exact) mass is 341 g/mol. The van der Waals surface area contributed by atoms with Crippen LogP contribution in [0, 0.1) is 17.0 Å². The topological polar surface area (TPSA) is 120 Å². The highest BCUT2D eigenvalue weighted by molar-refractivity contribution is 5.88. The predicted octanol–water partition coefficient (Wildman–Crippen LogP) is 1.93. The van der Waals surface area contributed by atoms with Crippen molar-refractivity contribution in [3.63, 3.8) is 0 Å². The van der Waals surface area contributed by atoms with Crippen molar-refractivity contribution < 1.29 is 14.8 Å². The van der Waals surface area contributed by atoms with Crippen molar-refractivity contribution in [2.75, 3.05) is 5.32 Å². The van der Waals surface area contributed by atoms with E-state index in [-0.39, 0.29) is 11.3 Å². The molecule has 130 valence electrons. The summed E-state index contributed by atoms with van der Waals surface area (Å²) in [4.78, 5) is 22.1. The maximum absolute atomic E-state index is 12.0. The number of amides is 1. The first kappa shape index (κ1) is 17.9. The molecule has 0 fully saturated rings. The third-order valence-corrected chi connectivity index (χ3v) is 3.41.